The van der Waals surface area contributed by atoms with E-state index in [4.69, 9.17) is 21.1 Å². The number of anilines is 1. The van der Waals surface area contributed by atoms with Crippen LogP contribution in [-0.2, 0) is 27.1 Å². The molecule has 166 valence electrons. The number of carbonyl (C=O) groups excluding carboxylic acids is 3. The third kappa shape index (κ3) is 5.62. The first-order chi connectivity index (χ1) is 14.9. The number of fused-ring (bicyclic) bond motifs is 1. The zero-order valence-electron chi connectivity index (χ0n) is 17.5. The van der Waals surface area contributed by atoms with Crippen molar-refractivity contribution in [2.45, 2.75) is 58.5 Å². The van der Waals surface area contributed by atoms with Crippen LogP contribution in [-0.4, -0.2) is 35.5 Å². The van der Waals surface area contributed by atoms with Crippen molar-refractivity contribution < 1.29 is 23.9 Å². The highest BCUT2D eigenvalue weighted by molar-refractivity contribution is 7.17. The van der Waals surface area contributed by atoms with Crippen LogP contribution in [0.1, 0.15) is 70.7 Å². The molecule has 3 rings (SSSR count). The van der Waals surface area contributed by atoms with Gasteiger partial charge >= 0.3 is 11.9 Å². The summed E-state index contributed by atoms with van der Waals surface area (Å²) in [6, 6.07) is 3.03. The van der Waals surface area contributed by atoms with Crippen molar-refractivity contribution in [1.82, 2.24) is 4.98 Å². The Labute approximate surface area is 190 Å². The van der Waals surface area contributed by atoms with Gasteiger partial charge in [-0.2, -0.15) is 0 Å². The maximum Gasteiger partial charge on any atom is 0.342 e. The van der Waals surface area contributed by atoms with Crippen LogP contribution >= 0.6 is 22.9 Å². The van der Waals surface area contributed by atoms with Crippen LogP contribution in [0.4, 0.5) is 5.00 Å². The molecule has 1 aliphatic carbocycles. The molecule has 0 aromatic carbocycles. The summed E-state index contributed by atoms with van der Waals surface area (Å²) in [6.45, 7) is 3.46. The Morgan fingerprint density at radius 2 is 1.94 bits per heavy atom. The minimum atomic E-state index is -1.09. The van der Waals surface area contributed by atoms with Crippen LogP contribution in [0.25, 0.3) is 0 Å². The number of amides is 1. The summed E-state index contributed by atoms with van der Waals surface area (Å²) in [5.41, 5.74) is 1.46. The number of aromatic nitrogens is 1. The molecule has 1 N–H and O–H groups in total. The molecule has 2 heterocycles. The Hall–Kier alpha value is -2.45. The maximum absolute atomic E-state index is 12.8. The molecule has 0 saturated carbocycles. The summed E-state index contributed by atoms with van der Waals surface area (Å²) < 4.78 is 10.5. The number of hydrogen-bond acceptors (Lipinski definition) is 7. The molecule has 0 spiro atoms. The average Bonchev–Trinajstić information content (AvgIpc) is 3.04. The molecule has 2 aromatic heterocycles. The van der Waals surface area contributed by atoms with E-state index in [0.29, 0.717) is 10.6 Å². The SMILES string of the molecule is CCOC(=O)c1c(NC(=O)C(C)OC(=O)c2cccnc2Cl)sc2c1CCCCCC2. The fourth-order valence-electron chi connectivity index (χ4n) is 3.46. The van der Waals surface area contributed by atoms with E-state index in [1.165, 1.54) is 30.5 Å². The summed E-state index contributed by atoms with van der Waals surface area (Å²) in [7, 11) is 0. The van der Waals surface area contributed by atoms with Crippen LogP contribution in [0, 0.1) is 0 Å². The van der Waals surface area contributed by atoms with Gasteiger partial charge in [-0.15, -0.1) is 11.3 Å². The van der Waals surface area contributed by atoms with E-state index in [-0.39, 0.29) is 17.3 Å². The zero-order chi connectivity index (χ0) is 22.4. The predicted molar refractivity (Wildman–Crippen MR) is 119 cm³/mol. The number of hydrogen-bond donors (Lipinski definition) is 1. The molecular weight excluding hydrogens is 440 g/mol. The number of pyridine rings is 1. The van der Waals surface area contributed by atoms with E-state index >= 15 is 0 Å². The molecule has 0 radical (unpaired) electrons. The van der Waals surface area contributed by atoms with Gasteiger partial charge < -0.3 is 14.8 Å². The first kappa shape index (κ1) is 23.2. The lowest BCUT2D eigenvalue weighted by atomic mass is 9.96. The van der Waals surface area contributed by atoms with Crippen molar-refractivity contribution in [2.24, 2.45) is 0 Å². The van der Waals surface area contributed by atoms with Gasteiger partial charge in [0.25, 0.3) is 5.91 Å². The highest BCUT2D eigenvalue weighted by Gasteiger charge is 2.28. The van der Waals surface area contributed by atoms with Crippen molar-refractivity contribution in [2.75, 3.05) is 11.9 Å². The number of aryl methyl sites for hydroxylation is 1. The Bertz CT molecular complexity index is 975. The fraction of sp³-hybridized carbons (Fsp3) is 0.455. The van der Waals surface area contributed by atoms with Gasteiger partial charge in [0.2, 0.25) is 0 Å². The van der Waals surface area contributed by atoms with Crippen LogP contribution in [0.15, 0.2) is 18.3 Å². The number of ether oxygens (including phenoxy) is 2. The Balaban J connectivity index is 1.79. The van der Waals surface area contributed by atoms with Gasteiger partial charge in [-0.05, 0) is 57.2 Å². The minimum Gasteiger partial charge on any atom is -0.462 e. The van der Waals surface area contributed by atoms with Crippen molar-refractivity contribution in [3.8, 4) is 0 Å². The summed E-state index contributed by atoms with van der Waals surface area (Å²) >= 11 is 7.32. The van der Waals surface area contributed by atoms with Crippen LogP contribution in [0.3, 0.4) is 0 Å². The van der Waals surface area contributed by atoms with Crippen molar-refractivity contribution >= 4 is 45.8 Å². The van der Waals surface area contributed by atoms with Gasteiger partial charge in [0.1, 0.15) is 10.2 Å². The largest absolute Gasteiger partial charge is 0.462 e. The van der Waals surface area contributed by atoms with Gasteiger partial charge in [-0.25, -0.2) is 14.6 Å². The van der Waals surface area contributed by atoms with Gasteiger partial charge in [-0.1, -0.05) is 24.4 Å². The summed E-state index contributed by atoms with van der Waals surface area (Å²) in [6.07, 6.45) is 6.30. The van der Waals surface area contributed by atoms with E-state index in [1.54, 1.807) is 13.0 Å². The quantitative estimate of drug-likeness (QED) is 0.486. The predicted octanol–water partition coefficient (Wildman–Crippen LogP) is 4.82. The smallest absolute Gasteiger partial charge is 0.342 e. The molecule has 0 bridgehead atoms. The summed E-state index contributed by atoms with van der Waals surface area (Å²) in [5, 5.41) is 3.22. The second-order valence-electron chi connectivity index (χ2n) is 7.22. The summed E-state index contributed by atoms with van der Waals surface area (Å²) in [4.78, 5) is 42.7. The fourth-order valence-corrected chi connectivity index (χ4v) is 4.93. The van der Waals surface area contributed by atoms with Gasteiger partial charge in [0.15, 0.2) is 6.10 Å². The molecule has 1 unspecified atom stereocenters. The normalized spacial score (nSPS) is 14.5. The second-order valence-corrected chi connectivity index (χ2v) is 8.68. The van der Waals surface area contributed by atoms with Crippen molar-refractivity contribution in [3.05, 3.63) is 45.1 Å². The molecule has 0 saturated heterocycles. The number of carbonyl (C=O) groups is 3. The van der Waals surface area contributed by atoms with E-state index in [0.717, 1.165) is 49.0 Å². The van der Waals surface area contributed by atoms with Gasteiger partial charge in [-0.3, -0.25) is 4.79 Å². The third-order valence-electron chi connectivity index (χ3n) is 5.02. The van der Waals surface area contributed by atoms with Gasteiger partial charge in [0, 0.05) is 11.1 Å². The number of halogens is 1. The topological polar surface area (TPSA) is 94.6 Å². The molecule has 2 aromatic rings. The van der Waals surface area contributed by atoms with E-state index < -0.39 is 23.9 Å². The van der Waals surface area contributed by atoms with Crippen molar-refractivity contribution in [3.63, 3.8) is 0 Å². The summed E-state index contributed by atoms with van der Waals surface area (Å²) in [5.74, 6) is -1.72. The van der Waals surface area contributed by atoms with Crippen LogP contribution in [0.2, 0.25) is 5.15 Å². The highest BCUT2D eigenvalue weighted by Crippen LogP contribution is 2.37. The van der Waals surface area contributed by atoms with Crippen LogP contribution in [0.5, 0.6) is 0 Å². The Kier molecular flexibility index (Phi) is 8.03. The van der Waals surface area contributed by atoms with E-state index in [2.05, 4.69) is 10.3 Å². The first-order valence-corrected chi connectivity index (χ1v) is 11.6. The number of rotatable bonds is 6. The van der Waals surface area contributed by atoms with Crippen LogP contribution < -0.4 is 5.32 Å². The minimum absolute atomic E-state index is 0.00256. The van der Waals surface area contributed by atoms with E-state index in [9.17, 15) is 14.4 Å². The molecule has 7 nitrogen and oxygen atoms in total. The third-order valence-corrected chi connectivity index (χ3v) is 6.53. The standard InChI is InChI=1S/C22H25ClN2O5S/c1-3-29-22(28)17-14-9-6-4-5-7-11-16(14)31-20(17)25-19(26)13(2)30-21(27)15-10-8-12-24-18(15)23/h8,10,12-13H,3-7,9,11H2,1-2H3,(H,25,26). The Morgan fingerprint density at radius 3 is 2.65 bits per heavy atom. The highest BCUT2D eigenvalue weighted by atomic mass is 35.5. The lowest BCUT2D eigenvalue weighted by Gasteiger charge is -2.14. The molecule has 0 aliphatic heterocycles. The maximum atomic E-state index is 12.8. The number of esters is 2. The number of thiophene rings is 1. The number of nitrogens with zero attached hydrogens (tertiary/aromatic N) is 1. The first-order valence-electron chi connectivity index (χ1n) is 10.4. The van der Waals surface area contributed by atoms with Gasteiger partial charge in [0.05, 0.1) is 17.7 Å². The molecule has 1 aliphatic rings. The molecular formula is C22H25ClN2O5S. The number of nitrogens with one attached hydrogen (secondary N) is 1. The zero-order valence-corrected chi connectivity index (χ0v) is 19.1. The average molecular weight is 465 g/mol. The molecule has 1 atom stereocenters. The Morgan fingerprint density at radius 1 is 1.19 bits per heavy atom. The molecule has 9 heteroatoms. The van der Waals surface area contributed by atoms with E-state index in [1.807, 2.05) is 0 Å². The lowest BCUT2D eigenvalue weighted by Crippen LogP contribution is -2.30. The lowest BCUT2D eigenvalue weighted by molar-refractivity contribution is -0.123. The molecule has 0 fully saturated rings. The van der Waals surface area contributed by atoms with Crippen molar-refractivity contribution in [1.29, 1.82) is 0 Å². The molecule has 1 amide bonds. The molecule has 31 heavy (non-hydrogen) atoms. The monoisotopic (exact) mass is 464 g/mol. The second kappa shape index (κ2) is 10.7.